The van der Waals surface area contributed by atoms with Gasteiger partial charge in [-0.2, -0.15) is 4.99 Å². The number of methoxy groups -OCH3 is 1. The number of sulfonamides is 1. The second kappa shape index (κ2) is 11.5. The SMILES string of the molecule is C#CCn1c(=NC(=O)c2ccc(NS(=O)(=O)c3ccc(OC)cc3)cc2)sc2cc(CCCC)ccc21. The molecule has 0 unspecified atom stereocenters. The van der Waals surface area contributed by atoms with Gasteiger partial charge in [-0.25, -0.2) is 8.42 Å². The van der Waals surface area contributed by atoms with Crippen molar-refractivity contribution in [2.45, 2.75) is 37.6 Å². The van der Waals surface area contributed by atoms with Crippen molar-refractivity contribution in [2.75, 3.05) is 11.8 Å². The molecule has 1 N–H and O–H groups in total. The molecular formula is C28H27N3O4S2. The number of benzene rings is 3. The molecule has 7 nitrogen and oxygen atoms in total. The summed E-state index contributed by atoms with van der Waals surface area (Å²) in [6, 6.07) is 18.5. The Balaban J connectivity index is 1.57. The van der Waals surface area contributed by atoms with Crippen molar-refractivity contribution in [1.29, 1.82) is 0 Å². The molecule has 0 atom stereocenters. The number of amides is 1. The number of thiazole rings is 1. The molecule has 3 aromatic carbocycles. The Morgan fingerprint density at radius 2 is 1.84 bits per heavy atom. The van der Waals surface area contributed by atoms with Crippen LogP contribution >= 0.6 is 11.3 Å². The number of ether oxygens (including phenoxy) is 1. The Morgan fingerprint density at radius 1 is 1.11 bits per heavy atom. The van der Waals surface area contributed by atoms with E-state index in [-0.39, 0.29) is 4.90 Å². The number of nitrogens with zero attached hydrogens (tertiary/aromatic N) is 2. The van der Waals surface area contributed by atoms with Gasteiger partial charge in [-0.3, -0.25) is 9.52 Å². The highest BCUT2D eigenvalue weighted by molar-refractivity contribution is 7.92. The summed E-state index contributed by atoms with van der Waals surface area (Å²) in [7, 11) is -2.28. The fourth-order valence-electron chi connectivity index (χ4n) is 3.78. The Morgan fingerprint density at radius 3 is 2.49 bits per heavy atom. The van der Waals surface area contributed by atoms with Crippen LogP contribution in [-0.2, 0) is 23.0 Å². The van der Waals surface area contributed by atoms with E-state index in [0.717, 1.165) is 29.5 Å². The van der Waals surface area contributed by atoms with Crippen LogP contribution in [0.15, 0.2) is 76.6 Å². The van der Waals surface area contributed by atoms with Crippen molar-refractivity contribution in [3.8, 4) is 18.1 Å². The van der Waals surface area contributed by atoms with E-state index in [2.05, 4.69) is 34.7 Å². The van der Waals surface area contributed by atoms with Crippen LogP contribution in [0.1, 0.15) is 35.7 Å². The standard InChI is InChI=1S/C28H27N3O4S2/c1-4-6-7-20-8-17-25-26(19-20)36-28(31(25)18-5-2)29-27(32)21-9-11-22(12-10-21)30-37(33,34)24-15-13-23(35-3)14-16-24/h2,8-17,19,30H,4,6-7,18H2,1,3H3. The molecule has 0 aliphatic heterocycles. The van der Waals surface area contributed by atoms with E-state index in [1.165, 1.54) is 48.3 Å². The van der Waals surface area contributed by atoms with Gasteiger partial charge in [0.15, 0.2) is 4.80 Å². The molecule has 1 heterocycles. The fourth-order valence-corrected chi connectivity index (χ4v) is 5.93. The van der Waals surface area contributed by atoms with E-state index in [9.17, 15) is 13.2 Å². The molecule has 0 saturated heterocycles. The number of nitrogens with one attached hydrogen (secondary N) is 1. The minimum absolute atomic E-state index is 0.101. The second-order valence-electron chi connectivity index (χ2n) is 8.36. The van der Waals surface area contributed by atoms with Gasteiger partial charge in [0.1, 0.15) is 5.75 Å². The maximum Gasteiger partial charge on any atom is 0.279 e. The van der Waals surface area contributed by atoms with Gasteiger partial charge in [0.25, 0.3) is 15.9 Å². The van der Waals surface area contributed by atoms with Crippen molar-refractivity contribution < 1.29 is 17.9 Å². The first-order chi connectivity index (χ1) is 17.8. The van der Waals surface area contributed by atoms with E-state index in [4.69, 9.17) is 11.2 Å². The van der Waals surface area contributed by atoms with Crippen molar-refractivity contribution in [2.24, 2.45) is 4.99 Å². The second-order valence-corrected chi connectivity index (χ2v) is 11.0. The average molecular weight is 534 g/mol. The number of carbonyl (C=O) groups is 1. The first-order valence-corrected chi connectivity index (χ1v) is 14.1. The summed E-state index contributed by atoms with van der Waals surface area (Å²) in [5.41, 5.74) is 2.85. The summed E-state index contributed by atoms with van der Waals surface area (Å²) in [5, 5.41) is 0. The molecule has 0 spiro atoms. The van der Waals surface area contributed by atoms with Crippen molar-refractivity contribution >= 4 is 43.2 Å². The van der Waals surface area contributed by atoms with E-state index in [1.807, 2.05) is 10.6 Å². The maximum absolute atomic E-state index is 13.0. The predicted octanol–water partition coefficient (Wildman–Crippen LogP) is 5.23. The summed E-state index contributed by atoms with van der Waals surface area (Å²) in [6.07, 6.45) is 8.82. The molecule has 1 aromatic heterocycles. The quantitative estimate of drug-likeness (QED) is 0.299. The molecule has 0 radical (unpaired) electrons. The molecule has 4 rings (SSSR count). The lowest BCUT2D eigenvalue weighted by Gasteiger charge is -2.09. The summed E-state index contributed by atoms with van der Waals surface area (Å²) in [6.45, 7) is 2.46. The largest absolute Gasteiger partial charge is 0.497 e. The van der Waals surface area contributed by atoms with Crippen LogP contribution in [0.2, 0.25) is 0 Å². The molecule has 9 heteroatoms. The number of carbonyl (C=O) groups excluding carboxylic acids is 1. The molecular weight excluding hydrogens is 506 g/mol. The van der Waals surface area contributed by atoms with Crippen molar-refractivity contribution in [3.05, 3.63) is 82.7 Å². The average Bonchev–Trinajstić information content (AvgIpc) is 3.23. The van der Waals surface area contributed by atoms with Crippen LogP contribution in [0, 0.1) is 12.3 Å². The van der Waals surface area contributed by atoms with Gasteiger partial charge in [0.2, 0.25) is 0 Å². The minimum Gasteiger partial charge on any atom is -0.497 e. The maximum atomic E-state index is 13.0. The van der Waals surface area contributed by atoms with Gasteiger partial charge in [-0.15, -0.1) is 6.42 Å². The van der Waals surface area contributed by atoms with E-state index in [0.29, 0.717) is 28.3 Å². The van der Waals surface area contributed by atoms with E-state index in [1.54, 1.807) is 24.3 Å². The van der Waals surface area contributed by atoms with Crippen LogP contribution in [0.5, 0.6) is 5.75 Å². The summed E-state index contributed by atoms with van der Waals surface area (Å²) >= 11 is 1.43. The first kappa shape index (κ1) is 26.2. The van der Waals surface area contributed by atoms with Gasteiger partial charge in [0.05, 0.1) is 28.8 Å². The molecule has 0 aliphatic rings. The Labute approximate surface area is 220 Å². The number of rotatable bonds is 9. The minimum atomic E-state index is -3.79. The normalized spacial score (nSPS) is 11.9. The number of aromatic nitrogens is 1. The van der Waals surface area contributed by atoms with Crippen LogP contribution in [0.4, 0.5) is 5.69 Å². The number of hydrogen-bond donors (Lipinski definition) is 1. The molecule has 1 amide bonds. The lowest BCUT2D eigenvalue weighted by molar-refractivity contribution is 0.0998. The number of terminal acetylenes is 1. The van der Waals surface area contributed by atoms with Crippen molar-refractivity contribution in [3.63, 3.8) is 0 Å². The van der Waals surface area contributed by atoms with Crippen molar-refractivity contribution in [1.82, 2.24) is 4.57 Å². The number of anilines is 1. The Hall–Kier alpha value is -3.87. The van der Waals surface area contributed by atoms with Gasteiger partial charge >= 0.3 is 0 Å². The molecule has 37 heavy (non-hydrogen) atoms. The van der Waals surface area contributed by atoms with Crippen LogP contribution in [-0.4, -0.2) is 26.0 Å². The zero-order valence-corrected chi connectivity index (χ0v) is 22.2. The number of unbranched alkanes of at least 4 members (excludes halogenated alkanes) is 1. The van der Waals surface area contributed by atoms with Crippen LogP contribution in [0.3, 0.4) is 0 Å². The Bertz CT molecular complexity index is 1630. The third-order valence-electron chi connectivity index (χ3n) is 5.77. The summed E-state index contributed by atoms with van der Waals surface area (Å²) in [4.78, 5) is 17.9. The number of aryl methyl sites for hydroxylation is 1. The number of hydrogen-bond acceptors (Lipinski definition) is 5. The third kappa shape index (κ3) is 6.10. The summed E-state index contributed by atoms with van der Waals surface area (Å²) < 4.78 is 35.8. The highest BCUT2D eigenvalue weighted by Crippen LogP contribution is 2.22. The summed E-state index contributed by atoms with van der Waals surface area (Å²) in [5.74, 6) is 2.76. The monoisotopic (exact) mass is 533 g/mol. The van der Waals surface area contributed by atoms with E-state index < -0.39 is 15.9 Å². The Kier molecular flexibility index (Phi) is 8.11. The lowest BCUT2D eigenvalue weighted by Crippen LogP contribution is -2.16. The first-order valence-electron chi connectivity index (χ1n) is 11.8. The molecule has 0 fully saturated rings. The molecule has 4 aromatic rings. The third-order valence-corrected chi connectivity index (χ3v) is 8.20. The number of fused-ring (bicyclic) bond motifs is 1. The molecule has 0 aliphatic carbocycles. The zero-order valence-electron chi connectivity index (χ0n) is 20.6. The fraction of sp³-hybridized carbons (Fsp3) is 0.214. The van der Waals surface area contributed by atoms with E-state index >= 15 is 0 Å². The molecule has 0 bridgehead atoms. The van der Waals surface area contributed by atoms with Gasteiger partial charge < -0.3 is 9.30 Å². The van der Waals surface area contributed by atoms with Crippen LogP contribution in [0.25, 0.3) is 10.2 Å². The van der Waals surface area contributed by atoms with Gasteiger partial charge in [-0.05, 0) is 79.1 Å². The lowest BCUT2D eigenvalue weighted by atomic mass is 10.1. The predicted molar refractivity (Wildman–Crippen MR) is 147 cm³/mol. The smallest absolute Gasteiger partial charge is 0.279 e. The zero-order chi connectivity index (χ0) is 26.4. The molecule has 0 saturated carbocycles. The highest BCUT2D eigenvalue weighted by Gasteiger charge is 2.15. The molecule has 190 valence electrons. The van der Waals surface area contributed by atoms with Crippen LogP contribution < -0.4 is 14.3 Å². The highest BCUT2D eigenvalue weighted by atomic mass is 32.2. The topological polar surface area (TPSA) is 89.8 Å². The van der Waals surface area contributed by atoms with Gasteiger partial charge in [-0.1, -0.05) is 36.7 Å². The van der Waals surface area contributed by atoms with Gasteiger partial charge in [0, 0.05) is 11.3 Å².